The number of alkyl carbamates (subject to hydrolysis) is 1. The van der Waals surface area contributed by atoms with Crippen LogP contribution in [0, 0.1) is 0 Å². The lowest BCUT2D eigenvalue weighted by Crippen LogP contribution is -2.45. The normalized spacial score (nSPS) is 14.8. The van der Waals surface area contributed by atoms with Gasteiger partial charge in [-0.2, -0.15) is 0 Å². The largest absolute Gasteiger partial charge is 0.489 e. The molecular formula is C30H33BrN2O6. The van der Waals surface area contributed by atoms with Gasteiger partial charge < -0.3 is 29.5 Å². The minimum absolute atomic E-state index is 0.0389. The van der Waals surface area contributed by atoms with Gasteiger partial charge in [-0.3, -0.25) is 0 Å². The number of nitrogens with zero attached hydrogens (tertiary/aromatic N) is 1. The number of carbonyl (C=O) groups excluding carboxylic acids is 2. The van der Waals surface area contributed by atoms with Crippen molar-refractivity contribution in [2.24, 2.45) is 0 Å². The van der Waals surface area contributed by atoms with Crippen LogP contribution in [0.25, 0.3) is 0 Å². The topological polar surface area (TPSA) is 97.3 Å². The molecule has 3 aromatic carbocycles. The van der Waals surface area contributed by atoms with Gasteiger partial charge in [-0.15, -0.1) is 0 Å². The third-order valence-corrected chi connectivity index (χ3v) is 7.15. The van der Waals surface area contributed by atoms with Gasteiger partial charge in [0.1, 0.15) is 19.0 Å². The van der Waals surface area contributed by atoms with Crippen molar-refractivity contribution >= 4 is 28.0 Å². The highest BCUT2D eigenvalue weighted by Crippen LogP contribution is 2.30. The standard InChI is InChI=1S/C30H33BrN2O6/c1-37-29(35)23-9-7-22(8-10-23)19-38-28-12-11-24(31)17-26(28)27(34)18-33-15-13-25(14-16-33)32-30(36)39-20-21-5-3-2-4-6-21/h2-12,17,25,27,34H,13-16,18-20H2,1H3,(H,32,36). The number of likely N-dealkylation sites (tertiary alicyclic amines) is 1. The molecule has 1 unspecified atom stereocenters. The second-order valence-corrected chi connectivity index (χ2v) is 10.4. The summed E-state index contributed by atoms with van der Waals surface area (Å²) >= 11 is 3.50. The summed E-state index contributed by atoms with van der Waals surface area (Å²) in [6.07, 6.45) is 0.389. The van der Waals surface area contributed by atoms with Gasteiger partial charge in [-0.05, 0) is 54.3 Å². The van der Waals surface area contributed by atoms with E-state index in [1.807, 2.05) is 60.7 Å². The van der Waals surface area contributed by atoms with Crippen LogP contribution in [-0.4, -0.2) is 54.9 Å². The number of aliphatic hydroxyl groups excluding tert-OH is 1. The second-order valence-electron chi connectivity index (χ2n) is 9.46. The van der Waals surface area contributed by atoms with Crippen LogP contribution >= 0.6 is 15.9 Å². The number of hydrogen-bond acceptors (Lipinski definition) is 7. The fraction of sp³-hybridized carbons (Fsp3) is 0.333. The molecule has 1 aliphatic rings. The molecule has 0 aromatic heterocycles. The van der Waals surface area contributed by atoms with E-state index in [1.54, 1.807) is 12.1 Å². The van der Waals surface area contributed by atoms with Crippen molar-refractivity contribution < 1.29 is 28.9 Å². The summed E-state index contributed by atoms with van der Waals surface area (Å²) in [5.41, 5.74) is 3.01. The molecule has 1 heterocycles. The van der Waals surface area contributed by atoms with Gasteiger partial charge in [0.15, 0.2) is 0 Å². The molecule has 8 nitrogen and oxygen atoms in total. The highest BCUT2D eigenvalue weighted by Gasteiger charge is 2.24. The summed E-state index contributed by atoms with van der Waals surface area (Å²) in [6.45, 7) is 2.48. The number of carbonyl (C=O) groups is 2. The second kappa shape index (κ2) is 14.1. The maximum absolute atomic E-state index is 12.2. The van der Waals surface area contributed by atoms with E-state index in [0.29, 0.717) is 30.0 Å². The van der Waals surface area contributed by atoms with Crippen LogP contribution in [0.3, 0.4) is 0 Å². The zero-order valence-corrected chi connectivity index (χ0v) is 23.4. The van der Waals surface area contributed by atoms with E-state index in [4.69, 9.17) is 14.2 Å². The van der Waals surface area contributed by atoms with Gasteiger partial charge in [-0.1, -0.05) is 58.4 Å². The van der Waals surface area contributed by atoms with Gasteiger partial charge >= 0.3 is 12.1 Å². The van der Waals surface area contributed by atoms with E-state index in [-0.39, 0.29) is 18.6 Å². The molecule has 3 aromatic rings. The van der Waals surface area contributed by atoms with E-state index in [9.17, 15) is 14.7 Å². The molecule has 1 fully saturated rings. The monoisotopic (exact) mass is 596 g/mol. The first kappa shape index (κ1) is 28.6. The molecule has 1 amide bonds. The SMILES string of the molecule is COC(=O)c1ccc(COc2ccc(Br)cc2C(O)CN2CCC(NC(=O)OCc3ccccc3)CC2)cc1. The summed E-state index contributed by atoms with van der Waals surface area (Å²) < 4.78 is 17.0. The Labute approximate surface area is 237 Å². The fourth-order valence-electron chi connectivity index (χ4n) is 4.46. The minimum atomic E-state index is -0.750. The lowest BCUT2D eigenvalue weighted by atomic mass is 10.0. The summed E-state index contributed by atoms with van der Waals surface area (Å²) in [5.74, 6) is 0.212. The Bertz CT molecular complexity index is 1230. The summed E-state index contributed by atoms with van der Waals surface area (Å²) in [6, 6.07) is 22.2. The fourth-order valence-corrected chi connectivity index (χ4v) is 4.84. The van der Waals surface area contributed by atoms with Crippen molar-refractivity contribution in [2.45, 2.75) is 38.2 Å². The third kappa shape index (κ3) is 8.54. The van der Waals surface area contributed by atoms with Crippen molar-refractivity contribution in [1.82, 2.24) is 10.2 Å². The minimum Gasteiger partial charge on any atom is -0.489 e. The first-order valence-corrected chi connectivity index (χ1v) is 13.7. The Balaban J connectivity index is 1.25. The zero-order chi connectivity index (χ0) is 27.6. The van der Waals surface area contributed by atoms with Crippen molar-refractivity contribution in [3.05, 3.63) is 99.5 Å². The lowest BCUT2D eigenvalue weighted by Gasteiger charge is -2.33. The van der Waals surface area contributed by atoms with Crippen LogP contribution < -0.4 is 10.1 Å². The van der Waals surface area contributed by atoms with E-state index in [1.165, 1.54) is 7.11 Å². The van der Waals surface area contributed by atoms with Crippen LogP contribution in [0.1, 0.15) is 46.0 Å². The molecule has 0 aliphatic carbocycles. The molecule has 1 aliphatic heterocycles. The highest BCUT2D eigenvalue weighted by atomic mass is 79.9. The number of methoxy groups -OCH3 is 1. The highest BCUT2D eigenvalue weighted by molar-refractivity contribution is 9.10. The number of halogens is 1. The number of aliphatic hydroxyl groups is 1. The number of nitrogens with one attached hydrogen (secondary N) is 1. The quantitative estimate of drug-likeness (QED) is 0.309. The van der Waals surface area contributed by atoms with E-state index >= 15 is 0 Å². The molecular weight excluding hydrogens is 564 g/mol. The van der Waals surface area contributed by atoms with Gasteiger partial charge in [0.05, 0.1) is 18.8 Å². The van der Waals surface area contributed by atoms with Crippen LogP contribution in [-0.2, 0) is 22.7 Å². The van der Waals surface area contributed by atoms with Crippen LogP contribution in [0.15, 0.2) is 77.3 Å². The van der Waals surface area contributed by atoms with E-state index < -0.39 is 12.2 Å². The van der Waals surface area contributed by atoms with Crippen LogP contribution in [0.4, 0.5) is 4.79 Å². The Morgan fingerprint density at radius 1 is 1.00 bits per heavy atom. The number of hydrogen-bond donors (Lipinski definition) is 2. The number of esters is 1. The summed E-state index contributed by atoms with van der Waals surface area (Å²) in [4.78, 5) is 26.0. The molecule has 9 heteroatoms. The molecule has 1 atom stereocenters. The number of rotatable bonds is 10. The molecule has 0 radical (unpaired) electrons. The molecule has 206 valence electrons. The average molecular weight is 598 g/mol. The van der Waals surface area contributed by atoms with Gasteiger partial charge in [0, 0.05) is 35.7 Å². The Morgan fingerprint density at radius 3 is 2.38 bits per heavy atom. The number of amides is 1. The predicted molar refractivity (Wildman–Crippen MR) is 150 cm³/mol. The number of β-amino-alcohol motifs (C(OH)–C–C–N with tert-alkyl or cyclic N) is 1. The van der Waals surface area contributed by atoms with Gasteiger partial charge in [0.2, 0.25) is 0 Å². The summed E-state index contributed by atoms with van der Waals surface area (Å²) in [5, 5.41) is 14.1. The average Bonchev–Trinajstić information content (AvgIpc) is 2.97. The molecule has 1 saturated heterocycles. The molecule has 39 heavy (non-hydrogen) atoms. The molecule has 0 saturated carbocycles. The molecule has 4 rings (SSSR count). The summed E-state index contributed by atoms with van der Waals surface area (Å²) in [7, 11) is 1.35. The van der Waals surface area contributed by atoms with Crippen molar-refractivity contribution in [2.75, 3.05) is 26.7 Å². The zero-order valence-electron chi connectivity index (χ0n) is 21.8. The van der Waals surface area contributed by atoms with E-state index in [0.717, 1.165) is 41.5 Å². The van der Waals surface area contributed by atoms with Crippen molar-refractivity contribution in [3.63, 3.8) is 0 Å². The molecule has 2 N–H and O–H groups in total. The van der Waals surface area contributed by atoms with Gasteiger partial charge in [0.25, 0.3) is 0 Å². The first-order valence-electron chi connectivity index (χ1n) is 12.9. The maximum atomic E-state index is 12.2. The third-order valence-electron chi connectivity index (χ3n) is 6.65. The van der Waals surface area contributed by atoms with Crippen LogP contribution in [0.5, 0.6) is 5.75 Å². The maximum Gasteiger partial charge on any atom is 0.407 e. The van der Waals surface area contributed by atoms with Gasteiger partial charge in [-0.25, -0.2) is 9.59 Å². The smallest absolute Gasteiger partial charge is 0.407 e. The van der Waals surface area contributed by atoms with E-state index in [2.05, 4.69) is 26.1 Å². The number of piperidine rings is 1. The Hall–Kier alpha value is -3.40. The van der Waals surface area contributed by atoms with Crippen LogP contribution in [0.2, 0.25) is 0 Å². The number of benzene rings is 3. The first-order chi connectivity index (χ1) is 18.9. The lowest BCUT2D eigenvalue weighted by molar-refractivity contribution is 0.0600. The molecule has 0 spiro atoms. The van der Waals surface area contributed by atoms with Crippen molar-refractivity contribution in [3.8, 4) is 5.75 Å². The number of ether oxygens (including phenoxy) is 3. The van der Waals surface area contributed by atoms with Crippen molar-refractivity contribution in [1.29, 1.82) is 0 Å². The Kier molecular flexibility index (Phi) is 10.4. The Morgan fingerprint density at radius 2 is 1.69 bits per heavy atom. The predicted octanol–water partition coefficient (Wildman–Crippen LogP) is 5.24. The molecule has 0 bridgehead atoms.